The summed E-state index contributed by atoms with van der Waals surface area (Å²) in [7, 11) is 0. The average Bonchev–Trinajstić information content (AvgIpc) is 2.17. The molecule has 0 aliphatic rings. The van der Waals surface area contributed by atoms with Crippen LogP contribution in [0.1, 0.15) is 18.4 Å². The Kier molecular flexibility index (Phi) is 4.24. The third-order valence-electron chi connectivity index (χ3n) is 2.01. The third-order valence-corrected chi connectivity index (χ3v) is 2.01. The predicted octanol–water partition coefficient (Wildman–Crippen LogP) is 3.53. The van der Waals surface area contributed by atoms with Gasteiger partial charge in [0.15, 0.2) is 0 Å². The van der Waals surface area contributed by atoms with Gasteiger partial charge in [0.25, 0.3) is 0 Å². The summed E-state index contributed by atoms with van der Waals surface area (Å²) < 4.78 is 13.0. The van der Waals surface area contributed by atoms with E-state index >= 15 is 0 Å². The molecule has 0 aliphatic heterocycles. The molecule has 0 saturated carbocycles. The van der Waals surface area contributed by atoms with Crippen molar-refractivity contribution in [2.75, 3.05) is 0 Å². The van der Waals surface area contributed by atoms with Gasteiger partial charge in [-0.05, 0) is 24.8 Å². The molecule has 1 rings (SSSR count). The van der Waals surface area contributed by atoms with Gasteiger partial charge in [-0.25, -0.2) is 4.39 Å². The van der Waals surface area contributed by atoms with E-state index in [0.717, 1.165) is 6.42 Å². The largest absolute Gasteiger partial charge is 0.247 e. The average molecular weight is 178 g/mol. The molecule has 1 aromatic rings. The number of hydrogen-bond acceptors (Lipinski definition) is 0. The molecule has 0 saturated heterocycles. The van der Waals surface area contributed by atoms with Gasteiger partial charge >= 0.3 is 0 Å². The van der Waals surface area contributed by atoms with Gasteiger partial charge in [-0.1, -0.05) is 36.4 Å². The maximum Gasteiger partial charge on any atom is 0.104 e. The lowest BCUT2D eigenvalue weighted by Gasteiger charge is -2.04. The second kappa shape index (κ2) is 5.52. The second-order valence-electron chi connectivity index (χ2n) is 3.15. The van der Waals surface area contributed by atoms with Crippen LogP contribution in [0.5, 0.6) is 0 Å². The third kappa shape index (κ3) is 3.88. The molecular formula is C12H15F. The maximum absolute atomic E-state index is 13.0. The van der Waals surface area contributed by atoms with E-state index in [1.165, 1.54) is 5.56 Å². The Labute approximate surface area is 79.1 Å². The van der Waals surface area contributed by atoms with Gasteiger partial charge in [-0.2, -0.15) is 0 Å². The summed E-state index contributed by atoms with van der Waals surface area (Å²) in [6, 6.07) is 9.99. The molecule has 0 aromatic heterocycles. The Morgan fingerprint density at radius 1 is 1.31 bits per heavy atom. The molecule has 0 radical (unpaired) electrons. The van der Waals surface area contributed by atoms with Crippen LogP contribution in [0, 0.1) is 0 Å². The van der Waals surface area contributed by atoms with Crippen LogP contribution in [0.4, 0.5) is 4.39 Å². The number of rotatable bonds is 5. The molecule has 1 atom stereocenters. The first-order valence-corrected chi connectivity index (χ1v) is 4.62. The van der Waals surface area contributed by atoms with Crippen molar-refractivity contribution in [2.45, 2.75) is 25.4 Å². The molecule has 0 heterocycles. The first-order valence-electron chi connectivity index (χ1n) is 4.62. The van der Waals surface area contributed by atoms with Crippen LogP contribution in [-0.4, -0.2) is 6.17 Å². The van der Waals surface area contributed by atoms with Crippen LogP contribution >= 0.6 is 0 Å². The molecule has 0 nitrogen and oxygen atoms in total. The number of halogens is 1. The first kappa shape index (κ1) is 9.97. The highest BCUT2D eigenvalue weighted by Crippen LogP contribution is 2.09. The monoisotopic (exact) mass is 178 g/mol. The SMILES string of the molecule is C=CCC(F)CCc1ccccc1. The first-order chi connectivity index (χ1) is 6.33. The molecule has 13 heavy (non-hydrogen) atoms. The van der Waals surface area contributed by atoms with Crippen molar-refractivity contribution in [3.05, 3.63) is 48.6 Å². The number of benzene rings is 1. The zero-order valence-electron chi connectivity index (χ0n) is 7.75. The van der Waals surface area contributed by atoms with E-state index in [2.05, 4.69) is 6.58 Å². The zero-order valence-corrected chi connectivity index (χ0v) is 7.75. The summed E-state index contributed by atoms with van der Waals surface area (Å²) >= 11 is 0. The lowest BCUT2D eigenvalue weighted by Crippen LogP contribution is -2.00. The normalized spacial score (nSPS) is 12.4. The summed E-state index contributed by atoms with van der Waals surface area (Å²) in [5.41, 5.74) is 1.20. The van der Waals surface area contributed by atoms with E-state index in [0.29, 0.717) is 12.8 Å². The van der Waals surface area contributed by atoms with Gasteiger partial charge in [-0.3, -0.25) is 0 Å². The van der Waals surface area contributed by atoms with Crippen molar-refractivity contribution in [3.63, 3.8) is 0 Å². The molecule has 0 N–H and O–H groups in total. The van der Waals surface area contributed by atoms with Crippen LogP contribution in [0.2, 0.25) is 0 Å². The van der Waals surface area contributed by atoms with E-state index in [4.69, 9.17) is 0 Å². The lowest BCUT2D eigenvalue weighted by molar-refractivity contribution is 0.317. The van der Waals surface area contributed by atoms with Gasteiger partial charge in [0.1, 0.15) is 6.17 Å². The van der Waals surface area contributed by atoms with Crippen LogP contribution in [-0.2, 0) is 6.42 Å². The molecule has 0 bridgehead atoms. The summed E-state index contributed by atoms with van der Waals surface area (Å²) in [6.07, 6.45) is 2.77. The van der Waals surface area contributed by atoms with Crippen LogP contribution in [0.15, 0.2) is 43.0 Å². The zero-order chi connectivity index (χ0) is 9.52. The van der Waals surface area contributed by atoms with Gasteiger partial charge in [0.05, 0.1) is 0 Å². The maximum atomic E-state index is 13.0. The minimum atomic E-state index is -0.738. The van der Waals surface area contributed by atoms with E-state index in [1.54, 1.807) is 6.08 Å². The number of aryl methyl sites for hydroxylation is 1. The smallest absolute Gasteiger partial charge is 0.104 e. The lowest BCUT2D eigenvalue weighted by atomic mass is 10.1. The molecule has 0 spiro atoms. The molecule has 0 aliphatic carbocycles. The Bertz CT molecular complexity index is 241. The van der Waals surface area contributed by atoms with Crippen molar-refractivity contribution < 1.29 is 4.39 Å². The quantitative estimate of drug-likeness (QED) is 0.605. The summed E-state index contributed by atoms with van der Waals surface area (Å²) in [6.45, 7) is 3.52. The predicted molar refractivity (Wildman–Crippen MR) is 54.5 cm³/mol. The van der Waals surface area contributed by atoms with Crippen LogP contribution < -0.4 is 0 Å². The van der Waals surface area contributed by atoms with Crippen molar-refractivity contribution in [2.24, 2.45) is 0 Å². The van der Waals surface area contributed by atoms with Gasteiger partial charge in [0, 0.05) is 0 Å². The molecule has 0 amide bonds. The highest BCUT2D eigenvalue weighted by molar-refractivity contribution is 5.14. The molecule has 0 fully saturated rings. The summed E-state index contributed by atoms with van der Waals surface area (Å²) in [4.78, 5) is 0. The fourth-order valence-electron chi connectivity index (χ4n) is 1.27. The molecular weight excluding hydrogens is 163 g/mol. The Morgan fingerprint density at radius 2 is 2.00 bits per heavy atom. The van der Waals surface area contributed by atoms with E-state index in [9.17, 15) is 4.39 Å². The minimum Gasteiger partial charge on any atom is -0.247 e. The molecule has 1 heteroatoms. The van der Waals surface area contributed by atoms with Gasteiger partial charge < -0.3 is 0 Å². The molecule has 70 valence electrons. The van der Waals surface area contributed by atoms with Crippen molar-refractivity contribution in [1.82, 2.24) is 0 Å². The van der Waals surface area contributed by atoms with Crippen molar-refractivity contribution in [3.8, 4) is 0 Å². The fraction of sp³-hybridized carbons (Fsp3) is 0.333. The summed E-state index contributed by atoms with van der Waals surface area (Å²) in [5, 5.41) is 0. The number of allylic oxidation sites excluding steroid dienone is 1. The van der Waals surface area contributed by atoms with Crippen LogP contribution in [0.25, 0.3) is 0 Å². The number of hydrogen-bond donors (Lipinski definition) is 0. The van der Waals surface area contributed by atoms with E-state index in [1.807, 2.05) is 30.3 Å². The van der Waals surface area contributed by atoms with Crippen molar-refractivity contribution in [1.29, 1.82) is 0 Å². The molecule has 1 unspecified atom stereocenters. The van der Waals surface area contributed by atoms with Crippen molar-refractivity contribution >= 4 is 0 Å². The highest BCUT2D eigenvalue weighted by Gasteiger charge is 2.03. The van der Waals surface area contributed by atoms with Gasteiger partial charge in [0.2, 0.25) is 0 Å². The van der Waals surface area contributed by atoms with E-state index < -0.39 is 6.17 Å². The number of alkyl halides is 1. The van der Waals surface area contributed by atoms with Crippen LogP contribution in [0.3, 0.4) is 0 Å². The Balaban J connectivity index is 2.30. The fourth-order valence-corrected chi connectivity index (χ4v) is 1.27. The minimum absolute atomic E-state index is 0.465. The Hall–Kier alpha value is -1.11. The van der Waals surface area contributed by atoms with E-state index in [-0.39, 0.29) is 0 Å². The molecule has 1 aromatic carbocycles. The Morgan fingerprint density at radius 3 is 2.62 bits per heavy atom. The second-order valence-corrected chi connectivity index (χ2v) is 3.15. The standard InChI is InChI=1S/C12H15F/c1-2-6-12(13)10-9-11-7-4-3-5-8-11/h2-5,7-8,12H,1,6,9-10H2. The highest BCUT2D eigenvalue weighted by atomic mass is 19.1. The topological polar surface area (TPSA) is 0 Å². The van der Waals surface area contributed by atoms with Gasteiger partial charge in [-0.15, -0.1) is 6.58 Å². The summed E-state index contributed by atoms with van der Waals surface area (Å²) in [5.74, 6) is 0.